The van der Waals surface area contributed by atoms with E-state index >= 15 is 0 Å². The standard InChI is InChI=1S/C10H8F6N2O2/c11-9(12,13)8(10(14,15)16)20-6-4-2-1-3-5(6)7(17)18-19/h1-4,8,19H,(H2,17,18). The SMILES string of the molecule is N/C(=N/O)c1ccccc1OC(C(F)(F)F)C(F)(F)F. The van der Waals surface area contributed by atoms with E-state index in [1.54, 1.807) is 0 Å². The molecule has 112 valence electrons. The Hall–Kier alpha value is -2.13. The molecular formula is C10H8F6N2O2. The first kappa shape index (κ1) is 15.9. The number of hydrogen-bond acceptors (Lipinski definition) is 3. The zero-order valence-electron chi connectivity index (χ0n) is 9.53. The number of benzene rings is 1. The fourth-order valence-corrected chi connectivity index (χ4v) is 1.28. The van der Waals surface area contributed by atoms with Crippen LogP contribution in [-0.2, 0) is 0 Å². The summed E-state index contributed by atoms with van der Waals surface area (Å²) in [6, 6.07) is 4.32. The Morgan fingerprint density at radius 1 is 1.10 bits per heavy atom. The predicted molar refractivity (Wildman–Crippen MR) is 55.5 cm³/mol. The van der Waals surface area contributed by atoms with Gasteiger partial charge in [0.05, 0.1) is 5.56 Å². The molecule has 1 aromatic rings. The molecule has 3 N–H and O–H groups in total. The third kappa shape index (κ3) is 3.68. The first-order chi connectivity index (χ1) is 9.07. The summed E-state index contributed by atoms with van der Waals surface area (Å²) in [6.07, 6.45) is -15.3. The van der Waals surface area contributed by atoms with Gasteiger partial charge in [0.25, 0.3) is 6.10 Å². The highest BCUT2D eigenvalue weighted by molar-refractivity contribution is 5.99. The molecule has 0 heterocycles. The molecule has 0 spiro atoms. The molecule has 0 amide bonds. The Morgan fingerprint density at radius 2 is 1.60 bits per heavy atom. The van der Waals surface area contributed by atoms with Crippen LogP contribution in [0.1, 0.15) is 5.56 Å². The van der Waals surface area contributed by atoms with E-state index in [1.165, 1.54) is 6.07 Å². The molecule has 0 fully saturated rings. The topological polar surface area (TPSA) is 67.8 Å². The van der Waals surface area contributed by atoms with Crippen molar-refractivity contribution >= 4 is 5.84 Å². The average molecular weight is 302 g/mol. The van der Waals surface area contributed by atoms with Gasteiger partial charge in [-0.1, -0.05) is 17.3 Å². The molecule has 4 nitrogen and oxygen atoms in total. The van der Waals surface area contributed by atoms with Crippen molar-refractivity contribution in [1.82, 2.24) is 0 Å². The second kappa shape index (κ2) is 5.47. The number of para-hydroxylation sites is 1. The van der Waals surface area contributed by atoms with Crippen LogP contribution in [-0.4, -0.2) is 29.5 Å². The minimum Gasteiger partial charge on any atom is -0.471 e. The maximum absolute atomic E-state index is 12.4. The lowest BCUT2D eigenvalue weighted by Crippen LogP contribution is -2.46. The second-order valence-electron chi connectivity index (χ2n) is 3.56. The molecule has 0 aliphatic carbocycles. The van der Waals surface area contributed by atoms with Crippen LogP contribution in [0.3, 0.4) is 0 Å². The van der Waals surface area contributed by atoms with Crippen molar-refractivity contribution in [2.75, 3.05) is 0 Å². The number of amidine groups is 1. The van der Waals surface area contributed by atoms with E-state index in [4.69, 9.17) is 10.9 Å². The lowest BCUT2D eigenvalue weighted by atomic mass is 10.2. The summed E-state index contributed by atoms with van der Waals surface area (Å²) in [5, 5.41) is 10.9. The van der Waals surface area contributed by atoms with Crippen molar-refractivity contribution in [3.05, 3.63) is 29.8 Å². The number of alkyl halides is 6. The number of ether oxygens (including phenoxy) is 1. The van der Waals surface area contributed by atoms with Crippen molar-refractivity contribution < 1.29 is 36.3 Å². The van der Waals surface area contributed by atoms with Crippen molar-refractivity contribution in [3.8, 4) is 5.75 Å². The van der Waals surface area contributed by atoms with E-state index in [-0.39, 0.29) is 0 Å². The van der Waals surface area contributed by atoms with E-state index in [2.05, 4.69) is 9.89 Å². The number of rotatable bonds is 3. The lowest BCUT2D eigenvalue weighted by molar-refractivity contribution is -0.299. The molecule has 0 radical (unpaired) electrons. The van der Waals surface area contributed by atoms with E-state index in [9.17, 15) is 26.3 Å². The van der Waals surface area contributed by atoms with E-state index in [0.717, 1.165) is 18.2 Å². The van der Waals surface area contributed by atoms with Crippen molar-refractivity contribution in [2.24, 2.45) is 10.9 Å². The molecule has 0 aromatic heterocycles. The fourth-order valence-electron chi connectivity index (χ4n) is 1.28. The number of halogens is 6. The summed E-state index contributed by atoms with van der Waals surface area (Å²) >= 11 is 0. The summed E-state index contributed by atoms with van der Waals surface area (Å²) in [4.78, 5) is 0. The van der Waals surface area contributed by atoms with Gasteiger partial charge in [-0.15, -0.1) is 0 Å². The predicted octanol–water partition coefficient (Wildman–Crippen LogP) is 2.65. The Kier molecular flexibility index (Phi) is 4.36. The molecule has 1 aromatic carbocycles. The highest BCUT2D eigenvalue weighted by Gasteiger charge is 2.59. The quantitative estimate of drug-likeness (QED) is 0.296. The smallest absolute Gasteiger partial charge is 0.434 e. The third-order valence-corrected chi connectivity index (χ3v) is 2.11. The van der Waals surface area contributed by atoms with Gasteiger partial charge in [-0.3, -0.25) is 0 Å². The lowest BCUT2D eigenvalue weighted by Gasteiger charge is -2.24. The molecule has 0 unspecified atom stereocenters. The normalized spacial score (nSPS) is 13.7. The molecule has 0 aliphatic rings. The summed E-state index contributed by atoms with van der Waals surface area (Å²) in [7, 11) is 0. The van der Waals surface area contributed by atoms with Crippen molar-refractivity contribution in [3.63, 3.8) is 0 Å². The molecule has 20 heavy (non-hydrogen) atoms. The van der Waals surface area contributed by atoms with E-state index < -0.39 is 35.6 Å². The van der Waals surface area contributed by atoms with Crippen LogP contribution in [0, 0.1) is 0 Å². The third-order valence-electron chi connectivity index (χ3n) is 2.11. The summed E-state index contributed by atoms with van der Waals surface area (Å²) < 4.78 is 78.1. The minimum absolute atomic E-state index is 0.395. The molecule has 0 bridgehead atoms. The fraction of sp³-hybridized carbons (Fsp3) is 0.300. The first-order valence-corrected chi connectivity index (χ1v) is 4.94. The molecule has 10 heteroatoms. The molecule has 0 saturated carbocycles. The monoisotopic (exact) mass is 302 g/mol. The van der Waals surface area contributed by atoms with Crippen LogP contribution >= 0.6 is 0 Å². The molecule has 1 rings (SSSR count). The van der Waals surface area contributed by atoms with Gasteiger partial charge in [0.15, 0.2) is 5.84 Å². The van der Waals surface area contributed by atoms with Gasteiger partial charge in [-0.2, -0.15) is 26.3 Å². The highest BCUT2D eigenvalue weighted by Crippen LogP contribution is 2.37. The Morgan fingerprint density at radius 3 is 2.05 bits per heavy atom. The van der Waals surface area contributed by atoms with Crippen LogP contribution in [0.15, 0.2) is 29.4 Å². The highest BCUT2D eigenvalue weighted by atomic mass is 19.4. The average Bonchev–Trinajstić information content (AvgIpc) is 2.32. The maximum atomic E-state index is 12.4. The molecule has 0 aliphatic heterocycles. The van der Waals surface area contributed by atoms with Crippen LogP contribution in [0.25, 0.3) is 0 Å². The van der Waals surface area contributed by atoms with E-state index in [1.807, 2.05) is 0 Å². The maximum Gasteiger partial charge on any atom is 0.434 e. The Balaban J connectivity index is 3.20. The Labute approximate surface area is 108 Å². The van der Waals surface area contributed by atoms with Crippen LogP contribution in [0.4, 0.5) is 26.3 Å². The van der Waals surface area contributed by atoms with E-state index in [0.29, 0.717) is 0 Å². The number of hydrogen-bond donors (Lipinski definition) is 2. The molecule has 0 saturated heterocycles. The number of nitrogens with zero attached hydrogens (tertiary/aromatic N) is 1. The summed E-state index contributed by atoms with van der Waals surface area (Å²) in [5.41, 5.74) is 4.75. The first-order valence-electron chi connectivity index (χ1n) is 4.94. The van der Waals surface area contributed by atoms with Crippen LogP contribution in [0.5, 0.6) is 5.75 Å². The minimum atomic E-state index is -5.66. The molecular weight excluding hydrogens is 294 g/mol. The van der Waals surface area contributed by atoms with Gasteiger partial charge in [0.2, 0.25) is 0 Å². The van der Waals surface area contributed by atoms with Crippen molar-refractivity contribution in [1.29, 1.82) is 0 Å². The zero-order chi connectivity index (χ0) is 15.6. The van der Waals surface area contributed by atoms with Gasteiger partial charge in [0.1, 0.15) is 5.75 Å². The van der Waals surface area contributed by atoms with Gasteiger partial charge in [-0.05, 0) is 12.1 Å². The largest absolute Gasteiger partial charge is 0.471 e. The number of nitrogens with two attached hydrogens (primary N) is 1. The van der Waals surface area contributed by atoms with Gasteiger partial charge < -0.3 is 15.7 Å². The number of oxime groups is 1. The van der Waals surface area contributed by atoms with Gasteiger partial charge in [0, 0.05) is 0 Å². The summed E-state index contributed by atoms with van der Waals surface area (Å²) in [6.45, 7) is 0. The summed E-state index contributed by atoms with van der Waals surface area (Å²) in [5.74, 6) is -1.48. The Bertz CT molecular complexity index is 483. The van der Waals surface area contributed by atoms with Gasteiger partial charge in [-0.25, -0.2) is 0 Å². The van der Waals surface area contributed by atoms with Crippen LogP contribution < -0.4 is 10.5 Å². The molecule has 0 atom stereocenters. The van der Waals surface area contributed by atoms with Gasteiger partial charge >= 0.3 is 12.4 Å². The van der Waals surface area contributed by atoms with Crippen molar-refractivity contribution in [2.45, 2.75) is 18.5 Å². The zero-order valence-corrected chi connectivity index (χ0v) is 9.53. The second-order valence-corrected chi connectivity index (χ2v) is 3.56. The van der Waals surface area contributed by atoms with Crippen LogP contribution in [0.2, 0.25) is 0 Å².